The Kier molecular flexibility index (Phi) is 3.87. The average molecular weight is 291 g/mol. The van der Waals surface area contributed by atoms with Crippen molar-refractivity contribution in [3.63, 3.8) is 0 Å². The third-order valence-corrected chi connectivity index (χ3v) is 4.30. The highest BCUT2D eigenvalue weighted by atomic mass is 32.1. The number of pyridine rings is 1. The Balaban J connectivity index is 1.82. The van der Waals surface area contributed by atoms with Gasteiger partial charge >= 0.3 is 0 Å². The van der Waals surface area contributed by atoms with Crippen molar-refractivity contribution in [2.45, 2.75) is 19.3 Å². The van der Waals surface area contributed by atoms with Gasteiger partial charge in [-0.25, -0.2) is 9.99 Å². The minimum absolute atomic E-state index is 0.420. The Morgan fingerprint density at radius 1 is 1.30 bits per heavy atom. The molecule has 1 saturated heterocycles. The fourth-order valence-corrected chi connectivity index (χ4v) is 2.97. The molecule has 6 heteroatoms. The Morgan fingerprint density at radius 3 is 2.75 bits per heavy atom. The number of hydrazine groups is 1. The molecule has 0 atom stereocenters. The number of aryl methyl sites for hydroxylation is 2. The van der Waals surface area contributed by atoms with E-state index in [1.165, 1.54) is 17.7 Å². The number of piperazine rings is 1. The maximum absolute atomic E-state index is 5.86. The second-order valence-corrected chi connectivity index (χ2v) is 6.05. The zero-order valence-electron chi connectivity index (χ0n) is 11.9. The molecule has 3 N–H and O–H groups in total. The molecule has 2 heterocycles. The van der Waals surface area contributed by atoms with E-state index in [-0.39, 0.29) is 0 Å². The van der Waals surface area contributed by atoms with Crippen LogP contribution in [0, 0.1) is 0 Å². The lowest BCUT2D eigenvalue weighted by molar-refractivity contribution is 0.178. The summed E-state index contributed by atoms with van der Waals surface area (Å²) < 4.78 is 0. The van der Waals surface area contributed by atoms with Gasteiger partial charge in [-0.05, 0) is 37.9 Å². The van der Waals surface area contributed by atoms with Crippen molar-refractivity contribution in [2.75, 3.05) is 38.7 Å². The maximum Gasteiger partial charge on any atom is 0.150 e. The summed E-state index contributed by atoms with van der Waals surface area (Å²) in [6.45, 7) is 4.07. The third kappa shape index (κ3) is 2.77. The second-order valence-electron chi connectivity index (χ2n) is 5.61. The molecule has 5 nitrogen and oxygen atoms in total. The number of rotatable bonds is 3. The van der Waals surface area contributed by atoms with E-state index < -0.39 is 0 Å². The van der Waals surface area contributed by atoms with E-state index in [1.807, 2.05) is 0 Å². The van der Waals surface area contributed by atoms with Gasteiger partial charge in [-0.15, -0.1) is 0 Å². The van der Waals surface area contributed by atoms with Crippen LogP contribution in [0.5, 0.6) is 0 Å². The highest BCUT2D eigenvalue weighted by Crippen LogP contribution is 2.25. The van der Waals surface area contributed by atoms with Crippen molar-refractivity contribution in [2.24, 2.45) is 5.73 Å². The van der Waals surface area contributed by atoms with Gasteiger partial charge in [-0.1, -0.05) is 12.2 Å². The van der Waals surface area contributed by atoms with E-state index in [0.29, 0.717) is 4.99 Å². The van der Waals surface area contributed by atoms with E-state index in [0.717, 1.165) is 50.4 Å². The molecular weight excluding hydrogens is 270 g/mol. The van der Waals surface area contributed by atoms with Crippen LogP contribution in [-0.2, 0) is 12.8 Å². The normalized spacial score (nSPS) is 19.9. The van der Waals surface area contributed by atoms with Gasteiger partial charge in [-0.2, -0.15) is 0 Å². The van der Waals surface area contributed by atoms with Crippen LogP contribution >= 0.6 is 12.2 Å². The molecule has 1 aromatic rings. The first-order valence-corrected chi connectivity index (χ1v) is 7.57. The topological polar surface area (TPSA) is 57.4 Å². The summed E-state index contributed by atoms with van der Waals surface area (Å²) in [5.74, 6) is 0.822. The molecule has 108 valence electrons. The molecule has 20 heavy (non-hydrogen) atoms. The molecule has 0 amide bonds. The number of nitrogens with one attached hydrogen (secondary N) is 1. The van der Waals surface area contributed by atoms with Gasteiger partial charge in [0.1, 0.15) is 4.99 Å². The maximum atomic E-state index is 5.86. The number of likely N-dealkylation sites (N-methyl/N-ethyl adjacent to an activating group) is 1. The van der Waals surface area contributed by atoms with E-state index in [2.05, 4.69) is 28.4 Å². The molecule has 1 fully saturated rings. The molecule has 1 aliphatic carbocycles. The Labute approximate surface area is 125 Å². The number of anilines is 1. The predicted octanol–water partition coefficient (Wildman–Crippen LogP) is 0.779. The molecule has 0 aromatic carbocycles. The first-order valence-electron chi connectivity index (χ1n) is 7.16. The summed E-state index contributed by atoms with van der Waals surface area (Å²) in [7, 11) is 2.14. The van der Waals surface area contributed by atoms with E-state index in [9.17, 15) is 0 Å². The number of hydrogen-bond donors (Lipinski definition) is 2. The Bertz CT molecular complexity index is 523. The van der Waals surface area contributed by atoms with Gasteiger partial charge in [0, 0.05) is 31.9 Å². The van der Waals surface area contributed by atoms with E-state index in [1.54, 1.807) is 0 Å². The van der Waals surface area contributed by atoms with Crippen molar-refractivity contribution in [1.82, 2.24) is 14.9 Å². The standard InChI is InChI=1S/C14H21N5S/c1-18-5-7-19(8-6-18)17-14-11(13(15)20)9-10-3-2-4-12(10)16-14/h9H,2-8H2,1H3,(H2,15,20)(H,16,17). The van der Waals surface area contributed by atoms with Gasteiger partial charge in [0.05, 0.1) is 5.56 Å². The lowest BCUT2D eigenvalue weighted by atomic mass is 10.1. The first-order chi connectivity index (χ1) is 9.63. The van der Waals surface area contributed by atoms with Gasteiger partial charge < -0.3 is 16.1 Å². The van der Waals surface area contributed by atoms with Crippen LogP contribution in [0.15, 0.2) is 6.07 Å². The lowest BCUT2D eigenvalue weighted by Crippen LogP contribution is -2.47. The van der Waals surface area contributed by atoms with Crippen molar-refractivity contribution in [3.8, 4) is 0 Å². The Morgan fingerprint density at radius 2 is 2.05 bits per heavy atom. The van der Waals surface area contributed by atoms with Crippen LogP contribution in [0.3, 0.4) is 0 Å². The smallest absolute Gasteiger partial charge is 0.150 e. The highest BCUT2D eigenvalue weighted by Gasteiger charge is 2.20. The highest BCUT2D eigenvalue weighted by molar-refractivity contribution is 7.80. The molecule has 0 bridgehead atoms. The number of thiocarbonyl (C=S) groups is 1. The third-order valence-electron chi connectivity index (χ3n) is 4.08. The van der Waals surface area contributed by atoms with Crippen LogP contribution in [0.2, 0.25) is 0 Å². The van der Waals surface area contributed by atoms with Gasteiger partial charge in [0.25, 0.3) is 0 Å². The molecule has 2 aliphatic rings. The SMILES string of the molecule is CN1CCN(Nc2nc3c(cc2C(N)=S)CCC3)CC1. The molecule has 3 rings (SSSR count). The second kappa shape index (κ2) is 5.63. The van der Waals surface area contributed by atoms with Crippen molar-refractivity contribution < 1.29 is 0 Å². The van der Waals surface area contributed by atoms with Crippen molar-refractivity contribution in [1.29, 1.82) is 0 Å². The first kappa shape index (κ1) is 13.7. The summed E-state index contributed by atoms with van der Waals surface area (Å²) in [6, 6.07) is 2.12. The summed E-state index contributed by atoms with van der Waals surface area (Å²) in [5, 5.41) is 2.20. The minimum Gasteiger partial charge on any atom is -0.389 e. The molecule has 0 spiro atoms. The summed E-state index contributed by atoms with van der Waals surface area (Å²) in [5.41, 5.74) is 12.6. The zero-order chi connectivity index (χ0) is 14.1. The summed E-state index contributed by atoms with van der Waals surface area (Å²) >= 11 is 5.18. The lowest BCUT2D eigenvalue weighted by Gasteiger charge is -2.33. The van der Waals surface area contributed by atoms with Crippen molar-refractivity contribution in [3.05, 3.63) is 22.9 Å². The molecule has 0 radical (unpaired) electrons. The zero-order valence-corrected chi connectivity index (χ0v) is 12.7. The van der Waals surface area contributed by atoms with Crippen LogP contribution < -0.4 is 11.2 Å². The molecule has 0 saturated carbocycles. The number of fused-ring (bicyclic) bond motifs is 1. The van der Waals surface area contributed by atoms with Crippen molar-refractivity contribution >= 4 is 23.0 Å². The van der Waals surface area contributed by atoms with Gasteiger partial charge in [0.15, 0.2) is 5.82 Å². The van der Waals surface area contributed by atoms with Gasteiger partial charge in [-0.3, -0.25) is 0 Å². The molecule has 1 aliphatic heterocycles. The average Bonchev–Trinajstić information content (AvgIpc) is 2.87. The fraction of sp³-hybridized carbons (Fsp3) is 0.571. The van der Waals surface area contributed by atoms with Crippen LogP contribution in [0.1, 0.15) is 23.2 Å². The Hall–Kier alpha value is -1.24. The van der Waals surface area contributed by atoms with Gasteiger partial charge in [0.2, 0.25) is 0 Å². The molecule has 0 unspecified atom stereocenters. The largest absolute Gasteiger partial charge is 0.389 e. The summed E-state index contributed by atoms with van der Waals surface area (Å²) in [6.07, 6.45) is 3.33. The minimum atomic E-state index is 0.420. The van der Waals surface area contributed by atoms with Crippen LogP contribution in [0.25, 0.3) is 0 Å². The summed E-state index contributed by atoms with van der Waals surface area (Å²) in [4.78, 5) is 7.50. The van der Waals surface area contributed by atoms with Crippen LogP contribution in [-0.4, -0.2) is 53.1 Å². The number of aromatic nitrogens is 1. The molecular formula is C14H21N5S. The van der Waals surface area contributed by atoms with E-state index >= 15 is 0 Å². The predicted molar refractivity (Wildman–Crippen MR) is 84.8 cm³/mol. The fourth-order valence-electron chi connectivity index (χ4n) is 2.81. The monoisotopic (exact) mass is 291 g/mol. The number of nitrogens with two attached hydrogens (primary N) is 1. The molecule has 1 aromatic heterocycles. The number of hydrogen-bond acceptors (Lipinski definition) is 5. The van der Waals surface area contributed by atoms with Crippen LogP contribution in [0.4, 0.5) is 5.82 Å². The number of nitrogens with zero attached hydrogens (tertiary/aromatic N) is 3. The quantitative estimate of drug-likeness (QED) is 0.803. The van der Waals surface area contributed by atoms with E-state index in [4.69, 9.17) is 22.9 Å².